The van der Waals surface area contributed by atoms with E-state index in [0.717, 1.165) is 6.26 Å². The van der Waals surface area contributed by atoms with Crippen LogP contribution in [-0.4, -0.2) is 24.6 Å². The number of aromatic nitrogens is 2. The van der Waals surface area contributed by atoms with Gasteiger partial charge in [0.25, 0.3) is 5.56 Å². The molecule has 0 aliphatic heterocycles. The first-order valence-electron chi connectivity index (χ1n) is 5.06. The van der Waals surface area contributed by atoms with E-state index in [4.69, 9.17) is 0 Å². The molecule has 5 nitrogen and oxygen atoms in total. The van der Waals surface area contributed by atoms with Crippen LogP contribution >= 0.6 is 0 Å². The van der Waals surface area contributed by atoms with E-state index in [9.17, 15) is 13.2 Å². The first-order valence-corrected chi connectivity index (χ1v) is 7.01. The fraction of sp³-hybridized carbons (Fsp3) is 0.600. The van der Waals surface area contributed by atoms with Crippen LogP contribution in [0.3, 0.4) is 0 Å². The number of hydrogen-bond acceptors (Lipinski definition) is 4. The van der Waals surface area contributed by atoms with Crippen molar-refractivity contribution in [3.63, 3.8) is 0 Å². The third-order valence-electron chi connectivity index (χ3n) is 2.62. The number of rotatable bonds is 3. The number of nitrogens with one attached hydrogen (secondary N) is 1. The fourth-order valence-corrected chi connectivity index (χ4v) is 1.96. The second-order valence-corrected chi connectivity index (χ2v) is 6.21. The molecule has 0 radical (unpaired) electrons. The molecule has 16 heavy (non-hydrogen) atoms. The molecule has 0 spiro atoms. The molecule has 0 aliphatic carbocycles. The van der Waals surface area contributed by atoms with Gasteiger partial charge in [-0.15, -0.1) is 0 Å². The number of H-pyrrole nitrogens is 1. The Labute approximate surface area is 94.8 Å². The molecular formula is C10H16N2O3S. The lowest BCUT2D eigenvalue weighted by Gasteiger charge is -2.10. The molecule has 0 fully saturated rings. The molecule has 6 heteroatoms. The molecule has 0 aliphatic rings. The second kappa shape index (κ2) is 4.37. The van der Waals surface area contributed by atoms with E-state index in [1.165, 1.54) is 6.92 Å². The van der Waals surface area contributed by atoms with Crippen LogP contribution in [0.15, 0.2) is 4.79 Å². The van der Waals surface area contributed by atoms with E-state index in [2.05, 4.69) is 9.97 Å². The summed E-state index contributed by atoms with van der Waals surface area (Å²) in [6, 6.07) is 0. The highest BCUT2D eigenvalue weighted by Crippen LogP contribution is 2.16. The van der Waals surface area contributed by atoms with Gasteiger partial charge in [0.15, 0.2) is 9.84 Å². The smallest absolute Gasteiger partial charge is 0.254 e. The molecule has 1 aromatic heterocycles. The van der Waals surface area contributed by atoms with Gasteiger partial charge in [0.2, 0.25) is 0 Å². The monoisotopic (exact) mass is 244 g/mol. The van der Waals surface area contributed by atoms with E-state index in [1.807, 2.05) is 6.92 Å². The molecule has 0 aromatic carbocycles. The van der Waals surface area contributed by atoms with Crippen LogP contribution in [0.2, 0.25) is 0 Å². The van der Waals surface area contributed by atoms with E-state index >= 15 is 0 Å². The zero-order valence-electron chi connectivity index (χ0n) is 9.86. The van der Waals surface area contributed by atoms with Crippen molar-refractivity contribution in [3.8, 4) is 0 Å². The van der Waals surface area contributed by atoms with E-state index in [1.54, 1.807) is 6.92 Å². The van der Waals surface area contributed by atoms with Crippen molar-refractivity contribution in [2.75, 3.05) is 6.26 Å². The highest BCUT2D eigenvalue weighted by molar-refractivity contribution is 7.90. The third-order valence-corrected chi connectivity index (χ3v) is 4.13. The minimum atomic E-state index is -3.24. The lowest BCUT2D eigenvalue weighted by molar-refractivity contribution is 0.588. The lowest BCUT2D eigenvalue weighted by atomic mass is 10.2. The lowest BCUT2D eigenvalue weighted by Crippen LogP contribution is -2.22. The van der Waals surface area contributed by atoms with Gasteiger partial charge < -0.3 is 4.98 Å². The van der Waals surface area contributed by atoms with Crippen molar-refractivity contribution in [2.24, 2.45) is 0 Å². The Bertz CT molecular complexity index is 546. The predicted molar refractivity (Wildman–Crippen MR) is 62.2 cm³/mol. The Morgan fingerprint density at radius 1 is 1.44 bits per heavy atom. The number of hydrogen-bond donors (Lipinski definition) is 1. The van der Waals surface area contributed by atoms with Gasteiger partial charge in [0.05, 0.1) is 0 Å². The number of sulfone groups is 1. The van der Waals surface area contributed by atoms with E-state index in [-0.39, 0.29) is 11.4 Å². The maximum absolute atomic E-state index is 11.6. The minimum Gasteiger partial charge on any atom is -0.309 e. The Morgan fingerprint density at radius 2 is 2.00 bits per heavy atom. The summed E-state index contributed by atoms with van der Waals surface area (Å²) in [6.07, 6.45) is 1.71. The molecule has 1 unspecified atom stereocenters. The molecule has 90 valence electrons. The van der Waals surface area contributed by atoms with Gasteiger partial charge in [-0.3, -0.25) is 4.79 Å². The third kappa shape index (κ3) is 2.49. The van der Waals surface area contributed by atoms with Crippen molar-refractivity contribution in [1.29, 1.82) is 0 Å². The van der Waals surface area contributed by atoms with Crippen molar-refractivity contribution in [3.05, 3.63) is 27.4 Å². The zero-order valence-corrected chi connectivity index (χ0v) is 10.7. The van der Waals surface area contributed by atoms with Gasteiger partial charge in [-0.2, -0.15) is 0 Å². The highest BCUT2D eigenvalue weighted by atomic mass is 32.2. The van der Waals surface area contributed by atoms with Crippen LogP contribution in [0.25, 0.3) is 0 Å². The topological polar surface area (TPSA) is 79.9 Å². The van der Waals surface area contributed by atoms with E-state index in [0.29, 0.717) is 17.7 Å². The number of nitrogens with zero attached hydrogens (tertiary/aromatic N) is 1. The summed E-state index contributed by atoms with van der Waals surface area (Å²) in [7, 11) is -3.24. The largest absolute Gasteiger partial charge is 0.309 e. The van der Waals surface area contributed by atoms with Gasteiger partial charge in [-0.25, -0.2) is 13.4 Å². The first-order chi connectivity index (χ1) is 7.27. The standard InChI is InChI=1S/C10H16N2O3S/c1-5-8-6(2)11-9(12-10(8)13)7(3)16(4,14)15/h7H,5H2,1-4H3,(H,11,12,13). The molecule has 1 aromatic rings. The fourth-order valence-electron chi connectivity index (χ4n) is 1.44. The average Bonchev–Trinajstić information content (AvgIpc) is 2.14. The maximum atomic E-state index is 11.6. The van der Waals surface area contributed by atoms with E-state index < -0.39 is 15.1 Å². The summed E-state index contributed by atoms with van der Waals surface area (Å²) in [6.45, 7) is 5.09. The molecular weight excluding hydrogens is 228 g/mol. The van der Waals surface area contributed by atoms with Gasteiger partial charge >= 0.3 is 0 Å². The van der Waals surface area contributed by atoms with Gasteiger partial charge in [0, 0.05) is 17.5 Å². The summed E-state index contributed by atoms with van der Waals surface area (Å²) in [5.41, 5.74) is 0.946. The van der Waals surface area contributed by atoms with Crippen molar-refractivity contribution in [2.45, 2.75) is 32.4 Å². The molecule has 1 heterocycles. The normalized spacial score (nSPS) is 13.8. The Morgan fingerprint density at radius 3 is 2.38 bits per heavy atom. The summed E-state index contributed by atoms with van der Waals surface area (Å²) >= 11 is 0. The molecule has 0 bridgehead atoms. The van der Waals surface area contributed by atoms with Crippen LogP contribution in [0, 0.1) is 6.92 Å². The van der Waals surface area contributed by atoms with Crippen LogP contribution in [0.1, 0.15) is 36.2 Å². The summed E-state index contributed by atoms with van der Waals surface area (Å²) in [5, 5.41) is -0.787. The number of aryl methyl sites for hydroxylation is 1. The SMILES string of the molecule is CCc1c(C)nc(C(C)S(C)(=O)=O)[nH]c1=O. The molecule has 1 rings (SSSR count). The van der Waals surface area contributed by atoms with Gasteiger partial charge in [-0.1, -0.05) is 6.92 Å². The van der Waals surface area contributed by atoms with Crippen molar-refractivity contribution >= 4 is 9.84 Å². The summed E-state index contributed by atoms with van der Waals surface area (Å²) < 4.78 is 22.7. The van der Waals surface area contributed by atoms with Crippen LogP contribution in [-0.2, 0) is 16.3 Å². The van der Waals surface area contributed by atoms with Crippen LogP contribution in [0.5, 0.6) is 0 Å². The Hall–Kier alpha value is -1.17. The van der Waals surface area contributed by atoms with Crippen LogP contribution < -0.4 is 5.56 Å². The maximum Gasteiger partial charge on any atom is 0.254 e. The molecule has 0 saturated heterocycles. The van der Waals surface area contributed by atoms with Gasteiger partial charge in [-0.05, 0) is 20.3 Å². The molecule has 0 saturated carbocycles. The Kier molecular flexibility index (Phi) is 3.52. The molecule has 0 amide bonds. The quantitative estimate of drug-likeness (QED) is 0.850. The molecule has 1 atom stereocenters. The first kappa shape index (κ1) is 12.9. The zero-order chi connectivity index (χ0) is 12.5. The predicted octanol–water partition coefficient (Wildman–Crippen LogP) is 0.746. The van der Waals surface area contributed by atoms with Crippen LogP contribution in [0.4, 0.5) is 0 Å². The molecule has 1 N–H and O–H groups in total. The van der Waals surface area contributed by atoms with Gasteiger partial charge in [0.1, 0.15) is 11.1 Å². The number of aromatic amines is 1. The average molecular weight is 244 g/mol. The minimum absolute atomic E-state index is 0.210. The highest BCUT2D eigenvalue weighted by Gasteiger charge is 2.20. The summed E-state index contributed by atoms with van der Waals surface area (Å²) in [5.74, 6) is 0.210. The second-order valence-electron chi connectivity index (χ2n) is 3.84. The van der Waals surface area contributed by atoms with Crippen molar-refractivity contribution in [1.82, 2.24) is 9.97 Å². The summed E-state index contributed by atoms with van der Waals surface area (Å²) in [4.78, 5) is 18.3. The van der Waals surface area contributed by atoms with Crippen molar-refractivity contribution < 1.29 is 8.42 Å². The Balaban J connectivity index is 3.35.